The molecule has 0 aliphatic heterocycles. The highest BCUT2D eigenvalue weighted by molar-refractivity contribution is 6.40. The third-order valence-corrected chi connectivity index (χ3v) is 3.42. The molecule has 0 aliphatic carbocycles. The quantitative estimate of drug-likeness (QED) is 0.764. The van der Waals surface area contributed by atoms with Crippen molar-refractivity contribution in [3.63, 3.8) is 0 Å². The van der Waals surface area contributed by atoms with Gasteiger partial charge in [0.05, 0.1) is 26.3 Å². The summed E-state index contributed by atoms with van der Waals surface area (Å²) in [7, 11) is 0. The minimum atomic E-state index is -0.608. The fourth-order valence-electron chi connectivity index (χ4n) is 1.43. The van der Waals surface area contributed by atoms with E-state index in [1.807, 2.05) is 0 Å². The van der Waals surface area contributed by atoms with Gasteiger partial charge in [-0.05, 0) is 18.2 Å². The van der Waals surface area contributed by atoms with Crippen LogP contribution in [-0.2, 0) is 0 Å². The molecule has 0 saturated heterocycles. The van der Waals surface area contributed by atoms with Crippen molar-refractivity contribution in [2.45, 2.75) is 0 Å². The summed E-state index contributed by atoms with van der Waals surface area (Å²) < 4.78 is 13.1. The first-order valence-electron chi connectivity index (χ1n) is 5.15. The first-order chi connectivity index (χ1) is 9.38. The second-order valence-corrected chi connectivity index (χ2v) is 5.29. The van der Waals surface area contributed by atoms with Gasteiger partial charge in [-0.2, -0.15) is 0 Å². The molecule has 1 aromatic heterocycles. The standard InChI is InChI=1S/C12H5Cl4FN2O/c13-7-1-5(17)2-8(14)11(7)19-12(20)6-3-10(16)18-4-9(6)15/h1-4H,(H,19,20). The van der Waals surface area contributed by atoms with Gasteiger partial charge in [0.1, 0.15) is 11.0 Å². The fraction of sp³-hybridized carbons (Fsp3) is 0. The number of carbonyl (C=O) groups is 1. The van der Waals surface area contributed by atoms with Gasteiger partial charge in [0.15, 0.2) is 0 Å². The number of halogens is 5. The Kier molecular flexibility index (Phi) is 4.70. The van der Waals surface area contributed by atoms with Crippen LogP contribution in [-0.4, -0.2) is 10.9 Å². The molecule has 104 valence electrons. The number of pyridine rings is 1. The van der Waals surface area contributed by atoms with Crippen molar-refractivity contribution in [2.75, 3.05) is 5.32 Å². The van der Waals surface area contributed by atoms with Crippen molar-refractivity contribution in [2.24, 2.45) is 0 Å². The average molecular weight is 354 g/mol. The number of nitrogens with one attached hydrogen (secondary N) is 1. The van der Waals surface area contributed by atoms with Gasteiger partial charge in [-0.25, -0.2) is 9.37 Å². The van der Waals surface area contributed by atoms with Crippen molar-refractivity contribution in [1.82, 2.24) is 4.98 Å². The molecule has 0 spiro atoms. The van der Waals surface area contributed by atoms with Gasteiger partial charge in [-0.15, -0.1) is 0 Å². The summed E-state index contributed by atoms with van der Waals surface area (Å²) >= 11 is 23.2. The summed E-state index contributed by atoms with van der Waals surface area (Å²) in [6.45, 7) is 0. The van der Waals surface area contributed by atoms with E-state index in [1.54, 1.807) is 0 Å². The van der Waals surface area contributed by atoms with Gasteiger partial charge in [0.2, 0.25) is 0 Å². The van der Waals surface area contributed by atoms with Crippen LogP contribution in [0.25, 0.3) is 0 Å². The van der Waals surface area contributed by atoms with Crippen molar-refractivity contribution < 1.29 is 9.18 Å². The van der Waals surface area contributed by atoms with Crippen LogP contribution in [0.1, 0.15) is 10.4 Å². The van der Waals surface area contributed by atoms with Gasteiger partial charge in [-0.1, -0.05) is 46.4 Å². The second kappa shape index (κ2) is 6.14. The van der Waals surface area contributed by atoms with Gasteiger partial charge in [0.25, 0.3) is 5.91 Å². The Hall–Kier alpha value is -1.07. The highest BCUT2D eigenvalue weighted by Crippen LogP contribution is 2.32. The minimum Gasteiger partial charge on any atom is -0.319 e. The molecule has 1 amide bonds. The van der Waals surface area contributed by atoms with E-state index < -0.39 is 11.7 Å². The second-order valence-electron chi connectivity index (χ2n) is 3.69. The molecule has 20 heavy (non-hydrogen) atoms. The molecule has 0 saturated carbocycles. The van der Waals surface area contributed by atoms with Gasteiger partial charge >= 0.3 is 0 Å². The lowest BCUT2D eigenvalue weighted by Gasteiger charge is -2.10. The summed E-state index contributed by atoms with van der Waals surface area (Å²) in [5.41, 5.74) is 0.187. The summed E-state index contributed by atoms with van der Waals surface area (Å²) in [6, 6.07) is 3.36. The maximum absolute atomic E-state index is 13.1. The monoisotopic (exact) mass is 352 g/mol. The van der Waals surface area contributed by atoms with E-state index in [9.17, 15) is 9.18 Å². The lowest BCUT2D eigenvalue weighted by Crippen LogP contribution is -2.13. The molecular weight excluding hydrogens is 349 g/mol. The summed E-state index contributed by atoms with van der Waals surface area (Å²) in [5, 5.41) is 2.61. The van der Waals surface area contributed by atoms with E-state index in [4.69, 9.17) is 46.4 Å². The van der Waals surface area contributed by atoms with Crippen molar-refractivity contribution in [3.8, 4) is 0 Å². The number of aromatic nitrogens is 1. The molecule has 2 rings (SSSR count). The Balaban J connectivity index is 2.35. The summed E-state index contributed by atoms with van der Waals surface area (Å²) in [4.78, 5) is 15.8. The van der Waals surface area contributed by atoms with Crippen LogP contribution in [0, 0.1) is 5.82 Å². The molecule has 3 nitrogen and oxygen atoms in total. The van der Waals surface area contributed by atoms with Crippen LogP contribution in [0.5, 0.6) is 0 Å². The number of anilines is 1. The molecule has 0 bridgehead atoms. The van der Waals surface area contributed by atoms with E-state index in [0.717, 1.165) is 12.1 Å². The van der Waals surface area contributed by atoms with Crippen LogP contribution in [0.3, 0.4) is 0 Å². The molecule has 0 radical (unpaired) electrons. The van der Waals surface area contributed by atoms with Gasteiger partial charge in [0, 0.05) is 6.20 Å². The molecule has 0 atom stereocenters. The van der Waals surface area contributed by atoms with Gasteiger partial charge < -0.3 is 5.32 Å². The Labute approximate surface area is 133 Å². The number of amides is 1. The van der Waals surface area contributed by atoms with Gasteiger partial charge in [-0.3, -0.25) is 4.79 Å². The molecule has 0 unspecified atom stereocenters. The molecule has 1 heterocycles. The zero-order valence-corrected chi connectivity index (χ0v) is 12.6. The number of hydrogen-bond acceptors (Lipinski definition) is 2. The molecule has 2 aromatic rings. The molecule has 0 aliphatic rings. The third kappa shape index (κ3) is 3.33. The van der Waals surface area contributed by atoms with Crippen LogP contribution in [0.15, 0.2) is 24.4 Å². The number of benzene rings is 1. The molecule has 8 heteroatoms. The fourth-order valence-corrected chi connectivity index (χ4v) is 2.33. The molecule has 1 aromatic carbocycles. The van der Waals surface area contributed by atoms with Crippen LogP contribution in [0.2, 0.25) is 20.2 Å². The maximum atomic E-state index is 13.1. The Morgan fingerprint density at radius 1 is 1.05 bits per heavy atom. The molecule has 0 fully saturated rings. The van der Waals surface area contributed by atoms with Crippen LogP contribution < -0.4 is 5.32 Å². The topological polar surface area (TPSA) is 42.0 Å². The third-order valence-electron chi connectivity index (χ3n) is 2.31. The Morgan fingerprint density at radius 2 is 1.65 bits per heavy atom. The van der Waals surface area contributed by atoms with Crippen LogP contribution >= 0.6 is 46.4 Å². The number of rotatable bonds is 2. The van der Waals surface area contributed by atoms with E-state index in [2.05, 4.69) is 10.3 Å². The predicted molar refractivity (Wildman–Crippen MR) is 78.6 cm³/mol. The zero-order valence-electron chi connectivity index (χ0n) is 9.55. The van der Waals surface area contributed by atoms with Crippen molar-refractivity contribution >= 4 is 58.0 Å². The minimum absolute atomic E-state index is 0.0281. The maximum Gasteiger partial charge on any atom is 0.257 e. The molecule has 1 N–H and O–H groups in total. The highest BCUT2D eigenvalue weighted by atomic mass is 35.5. The van der Waals surface area contributed by atoms with Crippen molar-refractivity contribution in [1.29, 1.82) is 0 Å². The number of hydrogen-bond donors (Lipinski definition) is 1. The largest absolute Gasteiger partial charge is 0.319 e. The number of nitrogens with zero attached hydrogens (tertiary/aromatic N) is 1. The van der Waals surface area contributed by atoms with E-state index in [1.165, 1.54) is 12.3 Å². The van der Waals surface area contributed by atoms with Crippen LogP contribution in [0.4, 0.5) is 10.1 Å². The first-order valence-corrected chi connectivity index (χ1v) is 6.66. The average Bonchev–Trinajstić information content (AvgIpc) is 2.36. The smallest absolute Gasteiger partial charge is 0.257 e. The predicted octanol–water partition coefficient (Wildman–Crippen LogP) is 5.09. The SMILES string of the molecule is O=C(Nc1c(Cl)cc(F)cc1Cl)c1cc(Cl)ncc1Cl. The lowest BCUT2D eigenvalue weighted by atomic mass is 10.2. The normalized spacial score (nSPS) is 10.4. The van der Waals surface area contributed by atoms with E-state index in [-0.39, 0.29) is 31.5 Å². The Morgan fingerprint density at radius 3 is 2.25 bits per heavy atom. The Bertz CT molecular complexity index is 670. The summed E-state index contributed by atoms with van der Waals surface area (Å²) in [6.07, 6.45) is 1.24. The van der Waals surface area contributed by atoms with Crippen molar-refractivity contribution in [3.05, 3.63) is 56.0 Å². The lowest BCUT2D eigenvalue weighted by molar-refractivity contribution is 0.102. The summed E-state index contributed by atoms with van der Waals surface area (Å²) in [5.74, 6) is -1.20. The molecular formula is C12H5Cl4FN2O. The zero-order chi connectivity index (χ0) is 14.9. The first kappa shape index (κ1) is 15.3. The van der Waals surface area contributed by atoms with E-state index >= 15 is 0 Å². The highest BCUT2D eigenvalue weighted by Gasteiger charge is 2.16. The number of carbonyl (C=O) groups excluding carboxylic acids is 1. The van der Waals surface area contributed by atoms with E-state index in [0.29, 0.717) is 0 Å².